The van der Waals surface area contributed by atoms with E-state index in [2.05, 4.69) is 93.7 Å². The number of hydrogen-bond acceptors (Lipinski definition) is 6. The van der Waals surface area contributed by atoms with Crippen LogP contribution in [0.1, 0.15) is 271 Å². The lowest BCUT2D eigenvalue weighted by Gasteiger charge is -2.18. The second-order valence-corrected chi connectivity index (χ2v) is 18.9. The third kappa shape index (κ3) is 53.5. The van der Waals surface area contributed by atoms with Gasteiger partial charge in [0.15, 0.2) is 6.10 Å². The van der Waals surface area contributed by atoms with Crippen molar-refractivity contribution in [2.24, 2.45) is 0 Å². The summed E-state index contributed by atoms with van der Waals surface area (Å²) in [6.07, 6.45) is 73.0. The third-order valence-corrected chi connectivity index (χ3v) is 12.2. The highest BCUT2D eigenvalue weighted by Gasteiger charge is 2.19. The maximum atomic E-state index is 12.8. The Kier molecular flexibility index (Phi) is 53.4. The predicted molar refractivity (Wildman–Crippen MR) is 293 cm³/mol. The topological polar surface area (TPSA) is 78.9 Å². The van der Waals surface area contributed by atoms with Crippen LogP contribution in [0.4, 0.5) is 0 Å². The summed E-state index contributed by atoms with van der Waals surface area (Å²) in [6, 6.07) is 0. The molecule has 0 amide bonds. The predicted octanol–water partition coefficient (Wildman–Crippen LogP) is 19.2. The molecule has 0 saturated heterocycles. The number of allylic oxidation sites excluding steroid dienone is 14. The molecule has 0 rings (SSSR count). The minimum Gasteiger partial charge on any atom is -0.462 e. The first kappa shape index (κ1) is 64.6. The molecule has 0 aromatic carbocycles. The second-order valence-electron chi connectivity index (χ2n) is 18.9. The average molecular weight is 948 g/mol. The lowest BCUT2D eigenvalue weighted by atomic mass is 10.0. The van der Waals surface area contributed by atoms with Crippen molar-refractivity contribution < 1.29 is 28.6 Å². The first-order valence-electron chi connectivity index (χ1n) is 28.6. The van der Waals surface area contributed by atoms with Crippen LogP contribution in [-0.2, 0) is 28.6 Å². The average Bonchev–Trinajstić information content (AvgIpc) is 3.34. The highest BCUT2D eigenvalue weighted by Crippen LogP contribution is 2.16. The maximum absolute atomic E-state index is 12.8. The molecule has 6 heteroatoms. The minimum absolute atomic E-state index is 0.113. The summed E-state index contributed by atoms with van der Waals surface area (Å²) >= 11 is 0. The van der Waals surface area contributed by atoms with E-state index >= 15 is 0 Å². The fraction of sp³-hybridized carbons (Fsp3) is 0.726. The van der Waals surface area contributed by atoms with Crippen LogP contribution in [0.25, 0.3) is 0 Å². The smallest absolute Gasteiger partial charge is 0.306 e. The Morgan fingerprint density at radius 1 is 0.324 bits per heavy atom. The summed E-state index contributed by atoms with van der Waals surface area (Å²) in [7, 11) is 0. The first-order valence-corrected chi connectivity index (χ1v) is 28.6. The van der Waals surface area contributed by atoms with Crippen LogP contribution in [0.2, 0.25) is 0 Å². The van der Waals surface area contributed by atoms with Crippen LogP contribution in [0.15, 0.2) is 85.1 Å². The van der Waals surface area contributed by atoms with Gasteiger partial charge in [0.1, 0.15) is 13.2 Å². The number of ether oxygens (including phenoxy) is 3. The lowest BCUT2D eigenvalue weighted by Crippen LogP contribution is -2.30. The molecule has 0 fully saturated rings. The number of carbonyl (C=O) groups is 3. The zero-order chi connectivity index (χ0) is 49.3. The molecular formula is C62H106O6. The van der Waals surface area contributed by atoms with Crippen molar-refractivity contribution in [1.29, 1.82) is 0 Å². The fourth-order valence-corrected chi connectivity index (χ4v) is 7.90. The number of carbonyl (C=O) groups excluding carboxylic acids is 3. The number of hydrogen-bond donors (Lipinski definition) is 0. The van der Waals surface area contributed by atoms with Crippen molar-refractivity contribution in [3.63, 3.8) is 0 Å². The van der Waals surface area contributed by atoms with E-state index in [1.807, 2.05) is 12.2 Å². The highest BCUT2D eigenvalue weighted by atomic mass is 16.6. The van der Waals surface area contributed by atoms with Crippen LogP contribution in [0.3, 0.4) is 0 Å². The van der Waals surface area contributed by atoms with Gasteiger partial charge in [0.05, 0.1) is 0 Å². The molecule has 0 aliphatic rings. The van der Waals surface area contributed by atoms with E-state index in [0.717, 1.165) is 83.5 Å². The normalized spacial score (nSPS) is 12.7. The Hall–Kier alpha value is -3.41. The van der Waals surface area contributed by atoms with E-state index in [0.29, 0.717) is 19.3 Å². The Labute approximate surface area is 420 Å². The van der Waals surface area contributed by atoms with Crippen LogP contribution in [-0.4, -0.2) is 37.2 Å². The summed E-state index contributed by atoms with van der Waals surface area (Å²) < 4.78 is 16.8. The molecule has 0 N–H and O–H groups in total. The largest absolute Gasteiger partial charge is 0.462 e. The van der Waals surface area contributed by atoms with E-state index in [9.17, 15) is 14.4 Å². The third-order valence-electron chi connectivity index (χ3n) is 12.2. The fourth-order valence-electron chi connectivity index (χ4n) is 7.90. The molecule has 0 spiro atoms. The van der Waals surface area contributed by atoms with Gasteiger partial charge in [-0.2, -0.15) is 0 Å². The van der Waals surface area contributed by atoms with Crippen LogP contribution < -0.4 is 0 Å². The molecule has 0 radical (unpaired) electrons. The number of unbranched alkanes of at least 4 members (excludes halogenated alkanes) is 27. The van der Waals surface area contributed by atoms with Gasteiger partial charge in [-0.15, -0.1) is 0 Å². The minimum atomic E-state index is -0.826. The SMILES string of the molecule is CC/C=C\C/C=C\C/C=C\C/C=C\C/C=C\CCC(=O)OC(COC(=O)CCCCC/C=C\C=C/CCCCCCCCC)COC(=O)CCCCCCCCCCCCCCCCCCCC. The Bertz CT molecular complexity index is 1320. The van der Waals surface area contributed by atoms with Gasteiger partial charge in [-0.25, -0.2) is 0 Å². The lowest BCUT2D eigenvalue weighted by molar-refractivity contribution is -0.166. The van der Waals surface area contributed by atoms with Gasteiger partial charge < -0.3 is 14.2 Å². The molecule has 0 heterocycles. The number of rotatable bonds is 51. The van der Waals surface area contributed by atoms with Gasteiger partial charge >= 0.3 is 17.9 Å². The van der Waals surface area contributed by atoms with Crippen molar-refractivity contribution >= 4 is 17.9 Å². The molecule has 0 saturated carbocycles. The van der Waals surface area contributed by atoms with Crippen LogP contribution in [0.5, 0.6) is 0 Å². The molecular weight excluding hydrogens is 841 g/mol. The zero-order valence-corrected chi connectivity index (χ0v) is 44.6. The van der Waals surface area contributed by atoms with E-state index in [1.165, 1.54) is 141 Å². The molecule has 68 heavy (non-hydrogen) atoms. The molecule has 6 nitrogen and oxygen atoms in total. The van der Waals surface area contributed by atoms with E-state index in [4.69, 9.17) is 14.2 Å². The molecule has 390 valence electrons. The molecule has 0 aliphatic carbocycles. The Balaban J connectivity index is 4.49. The molecule has 1 atom stereocenters. The molecule has 1 unspecified atom stereocenters. The zero-order valence-electron chi connectivity index (χ0n) is 44.6. The standard InChI is InChI=1S/C62H106O6/c1-4-7-10-13-16-19-22-25-28-31-32-35-37-40-43-46-49-52-55-61(64)67-58-59(68-62(65)56-53-50-47-44-41-38-34-30-27-24-21-18-15-12-9-6-3)57-66-60(63)54-51-48-45-42-39-36-33-29-26-23-20-17-14-11-8-5-2/h9,12,18,21,27,29-30,33,36,38-39,41,47,50,59H,4-8,10-11,13-17,19-20,22-26,28,31-32,34-35,37,40,42-46,48-49,51-58H2,1-3H3/b12-9-,21-18-,30-27-,33-29-,39-36-,41-38-,50-47-. The second kappa shape index (κ2) is 56.2. The van der Waals surface area contributed by atoms with Gasteiger partial charge in [-0.3, -0.25) is 14.4 Å². The first-order chi connectivity index (χ1) is 33.5. The van der Waals surface area contributed by atoms with Gasteiger partial charge in [0, 0.05) is 19.3 Å². The van der Waals surface area contributed by atoms with Gasteiger partial charge in [0.2, 0.25) is 0 Å². The monoisotopic (exact) mass is 947 g/mol. The van der Waals surface area contributed by atoms with Crippen molar-refractivity contribution in [2.75, 3.05) is 13.2 Å². The summed E-state index contributed by atoms with van der Waals surface area (Å²) in [5.41, 5.74) is 0. The van der Waals surface area contributed by atoms with Gasteiger partial charge in [-0.05, 0) is 77.0 Å². The summed E-state index contributed by atoms with van der Waals surface area (Å²) in [5.74, 6) is -1.02. The molecule has 0 aromatic heterocycles. The quantitative estimate of drug-likeness (QED) is 0.0199. The van der Waals surface area contributed by atoms with E-state index < -0.39 is 12.1 Å². The summed E-state index contributed by atoms with van der Waals surface area (Å²) in [5, 5.41) is 0. The van der Waals surface area contributed by atoms with Gasteiger partial charge in [-0.1, -0.05) is 260 Å². The maximum Gasteiger partial charge on any atom is 0.306 e. The van der Waals surface area contributed by atoms with Crippen molar-refractivity contribution in [3.8, 4) is 0 Å². The van der Waals surface area contributed by atoms with Gasteiger partial charge in [0.25, 0.3) is 0 Å². The summed E-state index contributed by atoms with van der Waals surface area (Å²) in [6.45, 7) is 6.45. The van der Waals surface area contributed by atoms with Crippen molar-refractivity contribution in [3.05, 3.63) is 85.1 Å². The Morgan fingerprint density at radius 2 is 0.647 bits per heavy atom. The van der Waals surface area contributed by atoms with Crippen LogP contribution >= 0.6 is 0 Å². The van der Waals surface area contributed by atoms with Crippen molar-refractivity contribution in [2.45, 2.75) is 277 Å². The molecule has 0 aromatic rings. The van der Waals surface area contributed by atoms with E-state index in [-0.39, 0.29) is 31.6 Å². The summed E-state index contributed by atoms with van der Waals surface area (Å²) in [4.78, 5) is 38.1. The molecule has 0 bridgehead atoms. The van der Waals surface area contributed by atoms with Crippen LogP contribution in [0, 0.1) is 0 Å². The van der Waals surface area contributed by atoms with E-state index in [1.54, 1.807) is 0 Å². The molecule has 0 aliphatic heterocycles. The number of esters is 3. The highest BCUT2D eigenvalue weighted by molar-refractivity contribution is 5.71. The van der Waals surface area contributed by atoms with Crippen molar-refractivity contribution in [1.82, 2.24) is 0 Å². The Morgan fingerprint density at radius 3 is 1.03 bits per heavy atom.